The van der Waals surface area contributed by atoms with E-state index in [-0.39, 0.29) is 18.5 Å². The minimum atomic E-state index is -0.308. The van der Waals surface area contributed by atoms with E-state index < -0.39 is 0 Å². The lowest BCUT2D eigenvalue weighted by molar-refractivity contribution is 0.132. The average Bonchev–Trinajstić information content (AvgIpc) is 3.00. The van der Waals surface area contributed by atoms with Gasteiger partial charge in [0.2, 0.25) is 0 Å². The Morgan fingerprint density at radius 2 is 2.09 bits per heavy atom. The van der Waals surface area contributed by atoms with Crippen molar-refractivity contribution >= 4 is 0 Å². The summed E-state index contributed by atoms with van der Waals surface area (Å²) in [4.78, 5) is 0. The van der Waals surface area contributed by atoms with E-state index in [1.54, 1.807) is 6.08 Å². The Hall–Kier alpha value is -2.46. The molecule has 0 saturated carbocycles. The molecule has 120 valence electrons. The molecule has 4 heteroatoms. The lowest BCUT2D eigenvalue weighted by atomic mass is 10.0. The van der Waals surface area contributed by atoms with Gasteiger partial charge in [0.1, 0.15) is 18.5 Å². The first kappa shape index (κ1) is 15.4. The van der Waals surface area contributed by atoms with E-state index in [1.807, 2.05) is 36.4 Å². The van der Waals surface area contributed by atoms with Crippen LogP contribution in [0.25, 0.3) is 0 Å². The topological polar surface area (TPSA) is 58.9 Å². The normalized spacial score (nSPS) is 15.8. The molecule has 2 aromatic rings. The van der Waals surface area contributed by atoms with Crippen molar-refractivity contribution in [3.63, 3.8) is 0 Å². The van der Waals surface area contributed by atoms with Crippen LogP contribution in [-0.2, 0) is 19.4 Å². The number of ether oxygens (including phenoxy) is 2. The van der Waals surface area contributed by atoms with Gasteiger partial charge in [0, 0.05) is 17.5 Å². The van der Waals surface area contributed by atoms with E-state index in [4.69, 9.17) is 9.47 Å². The van der Waals surface area contributed by atoms with Crippen LogP contribution in [0.4, 0.5) is 0 Å². The number of hydrogen-bond acceptors (Lipinski definition) is 4. The third-order valence-electron chi connectivity index (χ3n) is 3.92. The summed E-state index contributed by atoms with van der Waals surface area (Å²) >= 11 is 0. The van der Waals surface area contributed by atoms with Crippen LogP contribution in [0.2, 0.25) is 0 Å². The van der Waals surface area contributed by atoms with Gasteiger partial charge < -0.3 is 19.7 Å². The van der Waals surface area contributed by atoms with Gasteiger partial charge in [-0.15, -0.1) is 6.58 Å². The highest BCUT2D eigenvalue weighted by Crippen LogP contribution is 2.44. The van der Waals surface area contributed by atoms with Gasteiger partial charge in [0.15, 0.2) is 11.5 Å². The molecule has 2 aromatic carbocycles. The monoisotopic (exact) mass is 312 g/mol. The van der Waals surface area contributed by atoms with Crippen molar-refractivity contribution in [1.82, 2.24) is 0 Å². The molecule has 0 spiro atoms. The first-order valence-corrected chi connectivity index (χ1v) is 7.65. The quantitative estimate of drug-likeness (QED) is 0.805. The molecule has 1 aliphatic rings. The molecule has 1 unspecified atom stereocenters. The molecular weight excluding hydrogens is 292 g/mol. The molecule has 1 aliphatic heterocycles. The van der Waals surface area contributed by atoms with E-state index in [0.29, 0.717) is 36.5 Å². The highest BCUT2D eigenvalue weighted by atomic mass is 16.5. The molecule has 2 N–H and O–H groups in total. The Morgan fingerprint density at radius 1 is 1.30 bits per heavy atom. The number of aromatic hydroxyl groups is 1. The van der Waals surface area contributed by atoms with Gasteiger partial charge in [0.05, 0.1) is 6.61 Å². The maximum Gasteiger partial charge on any atom is 0.165 e. The van der Waals surface area contributed by atoms with Gasteiger partial charge in [-0.3, -0.25) is 0 Å². The first-order chi connectivity index (χ1) is 11.2. The van der Waals surface area contributed by atoms with Crippen LogP contribution >= 0.6 is 0 Å². The summed E-state index contributed by atoms with van der Waals surface area (Å²) in [5, 5.41) is 19.8. The predicted octanol–water partition coefficient (Wildman–Crippen LogP) is 3.00. The number of allylic oxidation sites excluding steroid dienone is 1. The molecule has 1 heterocycles. The largest absolute Gasteiger partial charge is 0.504 e. The van der Waals surface area contributed by atoms with Gasteiger partial charge in [-0.2, -0.15) is 0 Å². The molecule has 1 atom stereocenters. The minimum Gasteiger partial charge on any atom is -0.504 e. The van der Waals surface area contributed by atoms with Crippen molar-refractivity contribution in [2.45, 2.75) is 25.6 Å². The summed E-state index contributed by atoms with van der Waals surface area (Å²) in [5.74, 6) is 1.17. The zero-order valence-electron chi connectivity index (χ0n) is 12.9. The number of hydrogen-bond donors (Lipinski definition) is 2. The summed E-state index contributed by atoms with van der Waals surface area (Å²) in [6, 6.07) is 11.8. The van der Waals surface area contributed by atoms with E-state index in [9.17, 15) is 10.2 Å². The number of rotatable bonds is 6. The van der Waals surface area contributed by atoms with E-state index >= 15 is 0 Å². The number of fused-ring (bicyclic) bond motifs is 1. The van der Waals surface area contributed by atoms with Gasteiger partial charge in [-0.05, 0) is 18.1 Å². The van der Waals surface area contributed by atoms with Crippen molar-refractivity contribution in [3.05, 3.63) is 65.7 Å². The average molecular weight is 312 g/mol. The number of phenolic OH excluding ortho intramolecular Hbond substituents is 1. The standard InChI is InChI=1S/C19H20O4/c1-2-6-16-17(22-12-13-7-4-3-5-8-13)10-14-9-15(11-20)23-19(14)18(16)21/h2-5,7-8,10,15,20-21H,1,6,9,11-12H2. The summed E-state index contributed by atoms with van der Waals surface area (Å²) in [6.07, 6.45) is 2.46. The summed E-state index contributed by atoms with van der Waals surface area (Å²) < 4.78 is 11.5. The number of benzene rings is 2. The predicted molar refractivity (Wildman–Crippen MR) is 88.0 cm³/mol. The molecule has 3 rings (SSSR count). The second-order valence-electron chi connectivity index (χ2n) is 5.58. The van der Waals surface area contributed by atoms with Crippen LogP contribution in [0.5, 0.6) is 17.2 Å². The fraction of sp³-hybridized carbons (Fsp3) is 0.263. The molecule has 0 saturated heterocycles. The highest BCUT2D eigenvalue weighted by Gasteiger charge is 2.28. The molecule has 0 amide bonds. The lowest BCUT2D eigenvalue weighted by Gasteiger charge is -2.15. The zero-order chi connectivity index (χ0) is 16.2. The second-order valence-corrected chi connectivity index (χ2v) is 5.58. The van der Waals surface area contributed by atoms with Gasteiger partial charge in [0.25, 0.3) is 0 Å². The zero-order valence-corrected chi connectivity index (χ0v) is 12.9. The number of phenols is 1. The number of aliphatic hydroxyl groups excluding tert-OH is 1. The van der Waals surface area contributed by atoms with Crippen molar-refractivity contribution in [1.29, 1.82) is 0 Å². The van der Waals surface area contributed by atoms with Crippen LogP contribution in [-0.4, -0.2) is 22.9 Å². The Labute approximate surface area is 135 Å². The minimum absolute atomic E-state index is 0.0783. The van der Waals surface area contributed by atoms with Crippen molar-refractivity contribution in [2.24, 2.45) is 0 Å². The lowest BCUT2D eigenvalue weighted by Crippen LogP contribution is -2.17. The van der Waals surface area contributed by atoms with Crippen molar-refractivity contribution < 1.29 is 19.7 Å². The van der Waals surface area contributed by atoms with Crippen LogP contribution in [0.1, 0.15) is 16.7 Å². The Bertz CT molecular complexity index is 694. The maximum absolute atomic E-state index is 10.5. The molecule has 0 bridgehead atoms. The third kappa shape index (κ3) is 3.17. The van der Waals surface area contributed by atoms with Crippen LogP contribution in [0, 0.1) is 0 Å². The van der Waals surface area contributed by atoms with Crippen molar-refractivity contribution in [2.75, 3.05) is 6.61 Å². The van der Waals surface area contributed by atoms with Crippen molar-refractivity contribution in [3.8, 4) is 17.2 Å². The van der Waals surface area contributed by atoms with Gasteiger partial charge in [-0.25, -0.2) is 0 Å². The summed E-state index contributed by atoms with van der Waals surface area (Å²) in [7, 11) is 0. The third-order valence-corrected chi connectivity index (χ3v) is 3.92. The van der Waals surface area contributed by atoms with E-state index in [2.05, 4.69) is 6.58 Å². The van der Waals surface area contributed by atoms with E-state index in [1.165, 1.54) is 0 Å². The molecule has 0 aliphatic carbocycles. The summed E-state index contributed by atoms with van der Waals surface area (Å²) in [5.41, 5.74) is 2.58. The molecule has 23 heavy (non-hydrogen) atoms. The Balaban J connectivity index is 1.89. The molecular formula is C19H20O4. The SMILES string of the molecule is C=CCc1c(OCc2ccccc2)cc2c(c1O)OC(CO)C2. The molecule has 0 fully saturated rings. The van der Waals surface area contributed by atoms with Crippen LogP contribution < -0.4 is 9.47 Å². The van der Waals surface area contributed by atoms with Crippen LogP contribution in [0.15, 0.2) is 49.1 Å². The first-order valence-electron chi connectivity index (χ1n) is 7.65. The molecule has 4 nitrogen and oxygen atoms in total. The molecule has 0 aromatic heterocycles. The van der Waals surface area contributed by atoms with Gasteiger partial charge >= 0.3 is 0 Å². The summed E-state index contributed by atoms with van der Waals surface area (Å²) in [6.45, 7) is 4.08. The fourth-order valence-corrected chi connectivity index (χ4v) is 2.76. The molecule has 0 radical (unpaired) electrons. The van der Waals surface area contributed by atoms with Gasteiger partial charge in [-0.1, -0.05) is 36.4 Å². The Kier molecular flexibility index (Phi) is 4.53. The fourth-order valence-electron chi connectivity index (χ4n) is 2.76. The highest BCUT2D eigenvalue weighted by molar-refractivity contribution is 5.60. The smallest absolute Gasteiger partial charge is 0.165 e. The number of aliphatic hydroxyl groups is 1. The Morgan fingerprint density at radius 3 is 2.78 bits per heavy atom. The van der Waals surface area contributed by atoms with Crippen LogP contribution in [0.3, 0.4) is 0 Å². The second kappa shape index (κ2) is 6.75. The van der Waals surface area contributed by atoms with E-state index in [0.717, 1.165) is 11.1 Å². The maximum atomic E-state index is 10.5.